The van der Waals surface area contributed by atoms with E-state index in [1.54, 1.807) is 29.6 Å². The first kappa shape index (κ1) is 18.6. The van der Waals surface area contributed by atoms with Crippen LogP contribution < -0.4 is 5.32 Å². The Morgan fingerprint density at radius 2 is 1.92 bits per heavy atom. The molecule has 0 bridgehead atoms. The standard InChI is InChI=1S/C16H19FN2O3S2/c1-24(21,22)19(10-8-13-4-6-14(17)7-5-13)11-9-18-16(20)15-3-2-12-23-15/h2-7,12H,8-11H2,1H3,(H,18,20). The number of rotatable bonds is 8. The fraction of sp³-hybridized carbons (Fsp3) is 0.312. The van der Waals surface area contributed by atoms with Gasteiger partial charge in [-0.05, 0) is 35.6 Å². The van der Waals surface area contributed by atoms with Gasteiger partial charge < -0.3 is 5.32 Å². The largest absolute Gasteiger partial charge is 0.350 e. The van der Waals surface area contributed by atoms with Crippen molar-refractivity contribution in [2.45, 2.75) is 6.42 Å². The monoisotopic (exact) mass is 370 g/mol. The highest BCUT2D eigenvalue weighted by Crippen LogP contribution is 2.08. The fourth-order valence-electron chi connectivity index (χ4n) is 2.14. The van der Waals surface area contributed by atoms with E-state index in [2.05, 4.69) is 5.32 Å². The predicted molar refractivity (Wildman–Crippen MR) is 93.2 cm³/mol. The van der Waals surface area contributed by atoms with Crippen LogP contribution in [0.5, 0.6) is 0 Å². The summed E-state index contributed by atoms with van der Waals surface area (Å²) in [4.78, 5) is 12.4. The van der Waals surface area contributed by atoms with Crippen molar-refractivity contribution < 1.29 is 17.6 Å². The average Bonchev–Trinajstić information content (AvgIpc) is 3.05. The first-order valence-corrected chi connectivity index (χ1v) is 10.1. The molecule has 1 N–H and O–H groups in total. The van der Waals surface area contributed by atoms with E-state index in [4.69, 9.17) is 0 Å². The number of sulfonamides is 1. The van der Waals surface area contributed by atoms with Gasteiger partial charge in [0, 0.05) is 19.6 Å². The van der Waals surface area contributed by atoms with E-state index in [9.17, 15) is 17.6 Å². The molecule has 130 valence electrons. The molecule has 2 aromatic rings. The predicted octanol–water partition coefficient (Wildman–Crippen LogP) is 2.12. The highest BCUT2D eigenvalue weighted by atomic mass is 32.2. The number of carbonyl (C=O) groups excluding carboxylic acids is 1. The highest BCUT2D eigenvalue weighted by molar-refractivity contribution is 7.88. The fourth-order valence-corrected chi connectivity index (χ4v) is 3.62. The second kappa shape index (κ2) is 8.36. The molecule has 0 aliphatic heterocycles. The molecule has 1 heterocycles. The average molecular weight is 370 g/mol. The van der Waals surface area contributed by atoms with Crippen molar-refractivity contribution in [1.29, 1.82) is 0 Å². The van der Waals surface area contributed by atoms with Crippen LogP contribution in [0.15, 0.2) is 41.8 Å². The van der Waals surface area contributed by atoms with E-state index < -0.39 is 10.0 Å². The van der Waals surface area contributed by atoms with Crippen molar-refractivity contribution >= 4 is 27.3 Å². The highest BCUT2D eigenvalue weighted by Gasteiger charge is 2.16. The molecule has 0 atom stereocenters. The second-order valence-electron chi connectivity index (χ2n) is 5.27. The van der Waals surface area contributed by atoms with Gasteiger partial charge in [0.25, 0.3) is 5.91 Å². The van der Waals surface area contributed by atoms with Crippen LogP contribution in [-0.2, 0) is 16.4 Å². The topological polar surface area (TPSA) is 66.5 Å². The van der Waals surface area contributed by atoms with E-state index in [0.717, 1.165) is 11.8 Å². The van der Waals surface area contributed by atoms with Gasteiger partial charge in [0.1, 0.15) is 5.82 Å². The van der Waals surface area contributed by atoms with Gasteiger partial charge >= 0.3 is 0 Å². The molecular weight excluding hydrogens is 351 g/mol. The Labute approximate surface area is 145 Å². The summed E-state index contributed by atoms with van der Waals surface area (Å²) >= 11 is 1.33. The van der Waals surface area contributed by atoms with Crippen molar-refractivity contribution in [3.8, 4) is 0 Å². The molecule has 0 fully saturated rings. The van der Waals surface area contributed by atoms with Crippen molar-refractivity contribution in [2.24, 2.45) is 0 Å². The van der Waals surface area contributed by atoms with Crippen LogP contribution in [0, 0.1) is 5.82 Å². The lowest BCUT2D eigenvalue weighted by atomic mass is 10.1. The lowest BCUT2D eigenvalue weighted by Gasteiger charge is -2.20. The zero-order chi connectivity index (χ0) is 17.6. The van der Waals surface area contributed by atoms with Crippen molar-refractivity contribution in [2.75, 3.05) is 25.9 Å². The second-order valence-corrected chi connectivity index (χ2v) is 8.20. The number of amides is 1. The molecule has 0 aliphatic rings. The van der Waals surface area contributed by atoms with Crippen LogP contribution in [0.2, 0.25) is 0 Å². The van der Waals surface area contributed by atoms with E-state index in [1.807, 2.05) is 0 Å². The van der Waals surface area contributed by atoms with Crippen molar-refractivity contribution in [3.05, 3.63) is 58.0 Å². The Balaban J connectivity index is 1.87. The quantitative estimate of drug-likeness (QED) is 0.774. The molecule has 0 aliphatic carbocycles. The van der Waals surface area contributed by atoms with Crippen LogP contribution >= 0.6 is 11.3 Å². The molecule has 0 unspecified atom stereocenters. The summed E-state index contributed by atoms with van der Waals surface area (Å²) in [6.45, 7) is 0.698. The minimum absolute atomic E-state index is 0.192. The number of halogens is 1. The van der Waals surface area contributed by atoms with Gasteiger partial charge in [0.15, 0.2) is 0 Å². The summed E-state index contributed by atoms with van der Waals surface area (Å²) in [5, 5.41) is 4.52. The maximum Gasteiger partial charge on any atom is 0.261 e. The third-order valence-electron chi connectivity index (χ3n) is 3.42. The maximum atomic E-state index is 12.9. The first-order valence-electron chi connectivity index (χ1n) is 7.37. The van der Waals surface area contributed by atoms with Crippen molar-refractivity contribution in [3.63, 3.8) is 0 Å². The van der Waals surface area contributed by atoms with Crippen molar-refractivity contribution in [1.82, 2.24) is 9.62 Å². The van der Waals surface area contributed by atoms with Gasteiger partial charge in [-0.15, -0.1) is 11.3 Å². The van der Waals surface area contributed by atoms with Crippen LogP contribution in [0.1, 0.15) is 15.2 Å². The van der Waals surface area contributed by atoms with Gasteiger partial charge in [-0.3, -0.25) is 4.79 Å². The molecular formula is C16H19FN2O3S2. The Hall–Kier alpha value is -1.77. The molecule has 0 radical (unpaired) electrons. The Morgan fingerprint density at radius 3 is 2.50 bits per heavy atom. The summed E-state index contributed by atoms with van der Waals surface area (Å²) in [5.74, 6) is -0.535. The zero-order valence-corrected chi connectivity index (χ0v) is 14.9. The minimum Gasteiger partial charge on any atom is -0.350 e. The molecule has 0 saturated heterocycles. The van der Waals surface area contributed by atoms with Gasteiger partial charge in [-0.1, -0.05) is 18.2 Å². The first-order chi connectivity index (χ1) is 11.4. The number of nitrogens with one attached hydrogen (secondary N) is 1. The maximum absolute atomic E-state index is 12.9. The lowest BCUT2D eigenvalue weighted by Crippen LogP contribution is -2.39. The SMILES string of the molecule is CS(=O)(=O)N(CCNC(=O)c1cccs1)CCc1ccc(F)cc1. The van der Waals surface area contributed by atoms with E-state index in [-0.39, 0.29) is 31.4 Å². The van der Waals surface area contributed by atoms with Gasteiger partial charge in [0.2, 0.25) is 10.0 Å². The number of carbonyl (C=O) groups is 1. The van der Waals surface area contributed by atoms with E-state index in [0.29, 0.717) is 11.3 Å². The third-order valence-corrected chi connectivity index (χ3v) is 5.60. The number of hydrogen-bond donors (Lipinski definition) is 1. The minimum atomic E-state index is -3.38. The number of nitrogens with zero attached hydrogens (tertiary/aromatic N) is 1. The number of hydrogen-bond acceptors (Lipinski definition) is 4. The molecule has 1 amide bonds. The van der Waals surface area contributed by atoms with Crippen LogP contribution in [-0.4, -0.2) is 44.5 Å². The lowest BCUT2D eigenvalue weighted by molar-refractivity contribution is 0.0955. The summed E-state index contributed by atoms with van der Waals surface area (Å²) in [6.07, 6.45) is 1.62. The van der Waals surface area contributed by atoms with Crippen LogP contribution in [0.4, 0.5) is 4.39 Å². The summed E-state index contributed by atoms with van der Waals surface area (Å²) in [5.41, 5.74) is 0.854. The number of thiophene rings is 1. The smallest absolute Gasteiger partial charge is 0.261 e. The van der Waals surface area contributed by atoms with Gasteiger partial charge in [-0.25, -0.2) is 17.1 Å². The molecule has 1 aromatic carbocycles. The molecule has 24 heavy (non-hydrogen) atoms. The zero-order valence-electron chi connectivity index (χ0n) is 13.2. The third kappa shape index (κ3) is 5.70. The Kier molecular flexibility index (Phi) is 6.47. The molecule has 5 nitrogen and oxygen atoms in total. The van der Waals surface area contributed by atoms with E-state index in [1.165, 1.54) is 27.8 Å². The van der Waals surface area contributed by atoms with E-state index >= 15 is 0 Å². The van der Waals surface area contributed by atoms with Gasteiger partial charge in [0.05, 0.1) is 11.1 Å². The Morgan fingerprint density at radius 1 is 1.21 bits per heavy atom. The molecule has 0 saturated carbocycles. The van der Waals surface area contributed by atoms with Crippen LogP contribution in [0.25, 0.3) is 0 Å². The summed E-state index contributed by atoms with van der Waals surface area (Å²) in [7, 11) is -3.38. The van der Waals surface area contributed by atoms with Gasteiger partial charge in [-0.2, -0.15) is 0 Å². The molecule has 8 heteroatoms. The molecule has 2 rings (SSSR count). The Bertz CT molecular complexity index is 759. The number of benzene rings is 1. The molecule has 1 aromatic heterocycles. The summed E-state index contributed by atoms with van der Waals surface area (Å²) in [6, 6.07) is 9.46. The van der Waals surface area contributed by atoms with Crippen LogP contribution in [0.3, 0.4) is 0 Å². The molecule has 0 spiro atoms. The summed E-state index contributed by atoms with van der Waals surface area (Å²) < 4.78 is 37.9. The normalized spacial score (nSPS) is 11.6.